The van der Waals surface area contributed by atoms with E-state index in [1.54, 1.807) is 0 Å². The molecule has 0 aliphatic carbocycles. The zero-order valence-electron chi connectivity index (χ0n) is 7.84. The quantitative estimate of drug-likeness (QED) is 0.624. The number of fused-ring (bicyclic) bond motifs is 2. The van der Waals surface area contributed by atoms with Crippen molar-refractivity contribution in [1.29, 1.82) is 0 Å². The van der Waals surface area contributed by atoms with Crippen LogP contribution in [0.25, 0.3) is 0 Å². The van der Waals surface area contributed by atoms with Crippen LogP contribution in [-0.4, -0.2) is 30.8 Å². The number of hydrogen-bond donors (Lipinski definition) is 1. The molecular weight excluding hydrogens is 170 g/mol. The van der Waals surface area contributed by atoms with Crippen LogP contribution in [0.4, 0.5) is 0 Å². The van der Waals surface area contributed by atoms with E-state index in [2.05, 4.69) is 0 Å². The van der Waals surface area contributed by atoms with Crippen molar-refractivity contribution in [3.05, 3.63) is 0 Å². The summed E-state index contributed by atoms with van der Waals surface area (Å²) in [6, 6.07) is 0. The lowest BCUT2D eigenvalue weighted by atomic mass is 9.82. The Kier molecular flexibility index (Phi) is 1.85. The van der Waals surface area contributed by atoms with E-state index in [4.69, 9.17) is 15.2 Å². The van der Waals surface area contributed by atoms with Gasteiger partial charge in [-0.3, -0.25) is 0 Å². The molecule has 0 aromatic heterocycles. The van der Waals surface area contributed by atoms with Crippen molar-refractivity contribution < 1.29 is 14.3 Å². The van der Waals surface area contributed by atoms with Gasteiger partial charge in [-0.1, -0.05) is 0 Å². The molecule has 2 aliphatic heterocycles. The lowest BCUT2D eigenvalue weighted by Gasteiger charge is -2.21. The Morgan fingerprint density at radius 2 is 2.08 bits per heavy atom. The maximum Gasteiger partial charge on any atom is 0.338 e. The summed E-state index contributed by atoms with van der Waals surface area (Å²) >= 11 is 0. The first-order chi connectivity index (χ1) is 6.16. The van der Waals surface area contributed by atoms with Gasteiger partial charge in [-0.05, 0) is 25.7 Å². The first-order valence-electron chi connectivity index (χ1n) is 4.65. The summed E-state index contributed by atoms with van der Waals surface area (Å²) in [5, 5.41) is 0. The second kappa shape index (κ2) is 2.69. The van der Waals surface area contributed by atoms with Gasteiger partial charge in [0.1, 0.15) is 0 Å². The predicted octanol–water partition coefficient (Wildman–Crippen LogP) is 0.200. The molecule has 4 nitrogen and oxygen atoms in total. The first-order valence-corrected chi connectivity index (χ1v) is 4.65. The van der Waals surface area contributed by atoms with Crippen molar-refractivity contribution >= 4 is 5.97 Å². The van der Waals surface area contributed by atoms with Crippen LogP contribution in [0, 0.1) is 0 Å². The summed E-state index contributed by atoms with van der Waals surface area (Å²) in [5.74, 6) is -0.236. The molecule has 2 rings (SSSR count). The van der Waals surface area contributed by atoms with E-state index in [1.165, 1.54) is 7.11 Å². The number of carbonyl (C=O) groups is 1. The fourth-order valence-electron chi connectivity index (χ4n) is 2.41. The third kappa shape index (κ3) is 1.09. The van der Waals surface area contributed by atoms with Gasteiger partial charge in [0.05, 0.1) is 12.7 Å². The van der Waals surface area contributed by atoms with Crippen LogP contribution in [0.5, 0.6) is 0 Å². The smallest absolute Gasteiger partial charge is 0.338 e. The minimum atomic E-state index is -0.659. The average Bonchev–Trinajstić information content (AvgIpc) is 2.74. The fourth-order valence-corrected chi connectivity index (χ4v) is 2.41. The molecule has 0 atom stereocenters. The van der Waals surface area contributed by atoms with Gasteiger partial charge >= 0.3 is 5.97 Å². The monoisotopic (exact) mass is 185 g/mol. The molecule has 0 saturated carbocycles. The first kappa shape index (κ1) is 8.97. The Morgan fingerprint density at radius 1 is 1.46 bits per heavy atom. The van der Waals surface area contributed by atoms with E-state index in [-0.39, 0.29) is 11.6 Å². The number of nitrogens with two attached hydrogens (primary N) is 1. The Hall–Kier alpha value is -0.610. The summed E-state index contributed by atoms with van der Waals surface area (Å²) in [7, 11) is 1.40. The number of methoxy groups -OCH3 is 1. The molecule has 0 unspecified atom stereocenters. The van der Waals surface area contributed by atoms with Crippen molar-refractivity contribution in [3.8, 4) is 0 Å². The summed E-state index contributed by atoms with van der Waals surface area (Å²) in [5.41, 5.74) is 4.74. The van der Waals surface area contributed by atoms with Crippen molar-refractivity contribution in [3.63, 3.8) is 0 Å². The SMILES string of the molecule is COC(=O)C12CCC(CN)(CC1)O2. The highest BCUT2D eigenvalue weighted by atomic mass is 16.6. The third-order valence-corrected chi connectivity index (χ3v) is 3.31. The van der Waals surface area contributed by atoms with Crippen molar-refractivity contribution in [2.24, 2.45) is 5.73 Å². The Labute approximate surface area is 77.4 Å². The van der Waals surface area contributed by atoms with Gasteiger partial charge in [-0.15, -0.1) is 0 Å². The Balaban J connectivity index is 2.18. The van der Waals surface area contributed by atoms with Gasteiger partial charge in [-0.2, -0.15) is 0 Å². The van der Waals surface area contributed by atoms with Crippen LogP contribution < -0.4 is 5.73 Å². The highest BCUT2D eigenvalue weighted by molar-refractivity contribution is 5.80. The molecule has 2 bridgehead atoms. The van der Waals surface area contributed by atoms with Crippen molar-refractivity contribution in [2.45, 2.75) is 36.9 Å². The minimum Gasteiger partial charge on any atom is -0.467 e. The number of ether oxygens (including phenoxy) is 2. The highest BCUT2D eigenvalue weighted by Gasteiger charge is 2.59. The van der Waals surface area contributed by atoms with Crippen molar-refractivity contribution in [2.75, 3.05) is 13.7 Å². The third-order valence-electron chi connectivity index (χ3n) is 3.31. The lowest BCUT2D eigenvalue weighted by Crippen LogP contribution is -2.37. The van der Waals surface area contributed by atoms with Gasteiger partial charge in [0, 0.05) is 6.54 Å². The van der Waals surface area contributed by atoms with Crippen LogP contribution in [0.2, 0.25) is 0 Å². The van der Waals surface area contributed by atoms with Gasteiger partial charge in [-0.25, -0.2) is 4.79 Å². The molecule has 0 amide bonds. The van der Waals surface area contributed by atoms with Crippen LogP contribution in [-0.2, 0) is 14.3 Å². The largest absolute Gasteiger partial charge is 0.467 e. The summed E-state index contributed by atoms with van der Waals surface area (Å²) in [6.45, 7) is 0.506. The molecule has 2 N–H and O–H groups in total. The summed E-state index contributed by atoms with van der Waals surface area (Å²) in [4.78, 5) is 11.5. The normalized spacial score (nSPS) is 42.3. The molecule has 4 heteroatoms. The molecule has 13 heavy (non-hydrogen) atoms. The van der Waals surface area contributed by atoms with Gasteiger partial charge in [0.2, 0.25) is 0 Å². The second-order valence-corrected chi connectivity index (χ2v) is 3.98. The van der Waals surface area contributed by atoms with E-state index < -0.39 is 5.60 Å². The number of carbonyl (C=O) groups excluding carboxylic acids is 1. The lowest BCUT2D eigenvalue weighted by molar-refractivity contribution is -0.165. The Bertz CT molecular complexity index is 231. The average molecular weight is 185 g/mol. The Morgan fingerprint density at radius 3 is 2.46 bits per heavy atom. The number of hydrogen-bond acceptors (Lipinski definition) is 4. The van der Waals surface area contributed by atoms with E-state index in [9.17, 15) is 4.79 Å². The predicted molar refractivity (Wildman–Crippen MR) is 46.1 cm³/mol. The van der Waals surface area contributed by atoms with Gasteiger partial charge in [0.15, 0.2) is 5.60 Å². The molecule has 2 fully saturated rings. The zero-order valence-corrected chi connectivity index (χ0v) is 7.84. The molecule has 0 aromatic carbocycles. The fraction of sp³-hybridized carbons (Fsp3) is 0.889. The maximum atomic E-state index is 11.5. The molecule has 0 radical (unpaired) electrons. The van der Waals surface area contributed by atoms with Gasteiger partial charge < -0.3 is 15.2 Å². The number of esters is 1. The topological polar surface area (TPSA) is 61.5 Å². The molecule has 2 saturated heterocycles. The molecule has 2 heterocycles. The molecule has 0 aromatic rings. The highest BCUT2D eigenvalue weighted by Crippen LogP contribution is 2.50. The standard InChI is InChI=1S/C9H15NO3/c1-12-7(11)9-4-2-8(6-10,13-9)3-5-9/h2-6,10H2,1H3. The number of rotatable bonds is 2. The van der Waals surface area contributed by atoms with E-state index in [1.807, 2.05) is 0 Å². The summed E-state index contributed by atoms with van der Waals surface area (Å²) in [6.07, 6.45) is 3.30. The molecule has 2 aliphatic rings. The van der Waals surface area contributed by atoms with Gasteiger partial charge in [0.25, 0.3) is 0 Å². The zero-order chi connectivity index (χ0) is 9.53. The van der Waals surface area contributed by atoms with Crippen LogP contribution >= 0.6 is 0 Å². The van der Waals surface area contributed by atoms with Crippen LogP contribution in [0.1, 0.15) is 25.7 Å². The van der Waals surface area contributed by atoms with E-state index in [0.29, 0.717) is 6.54 Å². The molecule has 0 spiro atoms. The maximum absolute atomic E-state index is 11.5. The second-order valence-electron chi connectivity index (χ2n) is 3.98. The van der Waals surface area contributed by atoms with Crippen molar-refractivity contribution in [1.82, 2.24) is 0 Å². The summed E-state index contributed by atoms with van der Waals surface area (Å²) < 4.78 is 10.5. The van der Waals surface area contributed by atoms with Crippen LogP contribution in [0.15, 0.2) is 0 Å². The van der Waals surface area contributed by atoms with E-state index in [0.717, 1.165) is 25.7 Å². The molecule has 74 valence electrons. The van der Waals surface area contributed by atoms with E-state index >= 15 is 0 Å². The van der Waals surface area contributed by atoms with Crippen LogP contribution in [0.3, 0.4) is 0 Å². The minimum absolute atomic E-state index is 0.228. The molecular formula is C9H15NO3.